The highest BCUT2D eigenvalue weighted by Crippen LogP contribution is 2.48. The second kappa shape index (κ2) is 3.70. The summed E-state index contributed by atoms with van der Waals surface area (Å²) in [6, 6.07) is 0. The lowest BCUT2D eigenvalue weighted by molar-refractivity contribution is -0.321. The lowest BCUT2D eigenvalue weighted by Gasteiger charge is -2.58. The van der Waals surface area contributed by atoms with Gasteiger partial charge in [0.05, 0.1) is 38.6 Å². The number of aliphatic hydroxyl groups excluding tert-OH is 2. The molecule has 0 aromatic heterocycles. The van der Waals surface area contributed by atoms with Crippen LogP contribution in [-0.4, -0.2) is 48.8 Å². The van der Waals surface area contributed by atoms with Gasteiger partial charge < -0.3 is 19.7 Å². The molecule has 2 heterocycles. The van der Waals surface area contributed by atoms with Crippen LogP contribution in [-0.2, 0) is 9.47 Å². The van der Waals surface area contributed by atoms with Crippen LogP contribution in [0, 0.1) is 10.8 Å². The van der Waals surface area contributed by atoms with Crippen molar-refractivity contribution in [2.24, 2.45) is 10.8 Å². The molecule has 0 aliphatic carbocycles. The molecule has 0 bridgehead atoms. The van der Waals surface area contributed by atoms with Crippen LogP contribution < -0.4 is 0 Å². The van der Waals surface area contributed by atoms with E-state index < -0.39 is 0 Å². The predicted octanol–water partition coefficient (Wildman–Crippen LogP) is 0.171. The van der Waals surface area contributed by atoms with Gasteiger partial charge in [-0.3, -0.25) is 0 Å². The van der Waals surface area contributed by atoms with Crippen LogP contribution in [0.3, 0.4) is 0 Å². The molecule has 0 saturated carbocycles. The van der Waals surface area contributed by atoms with Crippen molar-refractivity contribution in [2.75, 3.05) is 26.4 Å². The molecule has 2 aliphatic rings. The Labute approximate surface area is 90.2 Å². The van der Waals surface area contributed by atoms with Gasteiger partial charge in [-0.1, -0.05) is 13.8 Å². The zero-order valence-corrected chi connectivity index (χ0v) is 9.40. The average molecular weight is 216 g/mol. The number of ether oxygens (including phenoxy) is 2. The SMILES string of the molecule is CCC1(CO)COC1C1OCC1(C)CO. The third kappa shape index (κ3) is 1.43. The van der Waals surface area contributed by atoms with Crippen LogP contribution in [0.25, 0.3) is 0 Å². The second-order valence-electron chi connectivity index (χ2n) is 5.15. The standard InChI is InChI=1S/C11H20O4/c1-3-11(5-13)7-15-9(11)8-10(2,4-12)6-14-8/h8-9,12-13H,3-7H2,1-2H3. The average Bonchev–Trinajstić information content (AvgIpc) is 2.23. The quantitative estimate of drug-likeness (QED) is 0.703. The van der Waals surface area contributed by atoms with E-state index in [9.17, 15) is 10.2 Å². The van der Waals surface area contributed by atoms with E-state index in [1.54, 1.807) is 0 Å². The van der Waals surface area contributed by atoms with Crippen molar-refractivity contribution >= 4 is 0 Å². The van der Waals surface area contributed by atoms with Crippen molar-refractivity contribution in [3.63, 3.8) is 0 Å². The van der Waals surface area contributed by atoms with Crippen molar-refractivity contribution in [1.29, 1.82) is 0 Å². The Morgan fingerprint density at radius 2 is 1.80 bits per heavy atom. The first-order chi connectivity index (χ1) is 7.12. The second-order valence-corrected chi connectivity index (χ2v) is 5.15. The molecule has 88 valence electrons. The highest BCUT2D eigenvalue weighted by molar-refractivity contribution is 5.06. The van der Waals surface area contributed by atoms with E-state index in [4.69, 9.17) is 9.47 Å². The van der Waals surface area contributed by atoms with E-state index in [1.165, 1.54) is 0 Å². The first-order valence-electron chi connectivity index (χ1n) is 5.57. The van der Waals surface area contributed by atoms with Crippen molar-refractivity contribution in [3.05, 3.63) is 0 Å². The van der Waals surface area contributed by atoms with Gasteiger partial charge in [0.15, 0.2) is 0 Å². The summed E-state index contributed by atoms with van der Waals surface area (Å²) >= 11 is 0. The molecule has 0 amide bonds. The van der Waals surface area contributed by atoms with Crippen LogP contribution >= 0.6 is 0 Å². The van der Waals surface area contributed by atoms with E-state index in [0.717, 1.165) is 6.42 Å². The van der Waals surface area contributed by atoms with Crippen LogP contribution in [0.4, 0.5) is 0 Å². The fourth-order valence-corrected chi connectivity index (χ4v) is 2.43. The lowest BCUT2D eigenvalue weighted by Crippen LogP contribution is -2.69. The molecule has 0 aromatic rings. The van der Waals surface area contributed by atoms with E-state index in [1.807, 2.05) is 6.92 Å². The van der Waals surface area contributed by atoms with Gasteiger partial charge in [0.25, 0.3) is 0 Å². The number of hydrogen-bond acceptors (Lipinski definition) is 4. The number of hydrogen-bond donors (Lipinski definition) is 2. The van der Waals surface area contributed by atoms with Gasteiger partial charge in [-0.15, -0.1) is 0 Å². The molecule has 0 aromatic carbocycles. The largest absolute Gasteiger partial charge is 0.396 e. The molecule has 2 saturated heterocycles. The van der Waals surface area contributed by atoms with Gasteiger partial charge in [-0.2, -0.15) is 0 Å². The Hall–Kier alpha value is -0.160. The van der Waals surface area contributed by atoms with Crippen LogP contribution in [0.1, 0.15) is 20.3 Å². The molecule has 2 N–H and O–H groups in total. The lowest BCUT2D eigenvalue weighted by atomic mass is 9.66. The van der Waals surface area contributed by atoms with E-state index >= 15 is 0 Å². The Bertz CT molecular complexity index is 229. The Balaban J connectivity index is 2.06. The number of rotatable bonds is 4. The molecule has 4 heteroatoms. The van der Waals surface area contributed by atoms with Gasteiger partial charge in [-0.25, -0.2) is 0 Å². The topological polar surface area (TPSA) is 58.9 Å². The van der Waals surface area contributed by atoms with Gasteiger partial charge in [0.2, 0.25) is 0 Å². The minimum atomic E-state index is -0.194. The van der Waals surface area contributed by atoms with E-state index in [2.05, 4.69) is 6.92 Å². The highest BCUT2D eigenvalue weighted by atomic mass is 16.6. The molecule has 4 nitrogen and oxygen atoms in total. The molecular weight excluding hydrogens is 196 g/mol. The van der Waals surface area contributed by atoms with E-state index in [-0.39, 0.29) is 36.3 Å². The third-order valence-corrected chi connectivity index (χ3v) is 4.09. The van der Waals surface area contributed by atoms with Crippen molar-refractivity contribution in [3.8, 4) is 0 Å². The number of aliphatic hydroxyl groups is 2. The molecule has 15 heavy (non-hydrogen) atoms. The molecule has 4 unspecified atom stereocenters. The summed E-state index contributed by atoms with van der Waals surface area (Å²) < 4.78 is 11.0. The summed E-state index contributed by atoms with van der Waals surface area (Å²) in [5.41, 5.74) is -0.345. The molecular formula is C11H20O4. The van der Waals surface area contributed by atoms with Gasteiger partial charge in [-0.05, 0) is 6.42 Å². The zero-order chi connectivity index (χ0) is 11.1. The van der Waals surface area contributed by atoms with Gasteiger partial charge >= 0.3 is 0 Å². The highest BCUT2D eigenvalue weighted by Gasteiger charge is 2.59. The fourth-order valence-electron chi connectivity index (χ4n) is 2.43. The minimum absolute atomic E-state index is 0.0570. The van der Waals surface area contributed by atoms with Crippen LogP contribution in [0.2, 0.25) is 0 Å². The Morgan fingerprint density at radius 3 is 2.07 bits per heavy atom. The summed E-state index contributed by atoms with van der Waals surface area (Å²) in [7, 11) is 0. The van der Waals surface area contributed by atoms with Crippen LogP contribution in [0.15, 0.2) is 0 Å². The summed E-state index contributed by atoms with van der Waals surface area (Å²) in [5.74, 6) is 0. The molecule has 0 spiro atoms. The molecule has 4 atom stereocenters. The first-order valence-corrected chi connectivity index (χ1v) is 5.57. The van der Waals surface area contributed by atoms with Crippen LogP contribution in [0.5, 0.6) is 0 Å². The summed E-state index contributed by atoms with van der Waals surface area (Å²) in [5, 5.41) is 18.7. The maximum atomic E-state index is 9.42. The van der Waals surface area contributed by atoms with Gasteiger partial charge in [0, 0.05) is 10.8 Å². The minimum Gasteiger partial charge on any atom is -0.396 e. The van der Waals surface area contributed by atoms with Crippen molar-refractivity contribution < 1.29 is 19.7 Å². The molecule has 0 radical (unpaired) electrons. The van der Waals surface area contributed by atoms with Gasteiger partial charge in [0.1, 0.15) is 0 Å². The summed E-state index contributed by atoms with van der Waals surface area (Å²) in [4.78, 5) is 0. The van der Waals surface area contributed by atoms with Crippen molar-refractivity contribution in [2.45, 2.75) is 32.5 Å². The van der Waals surface area contributed by atoms with E-state index in [0.29, 0.717) is 13.2 Å². The monoisotopic (exact) mass is 216 g/mol. The van der Waals surface area contributed by atoms with Crippen molar-refractivity contribution in [1.82, 2.24) is 0 Å². The summed E-state index contributed by atoms with van der Waals surface area (Å²) in [6.45, 7) is 5.49. The summed E-state index contributed by atoms with van der Waals surface area (Å²) in [6.07, 6.45) is 0.761. The maximum Gasteiger partial charge on any atom is 0.0944 e. The maximum absolute atomic E-state index is 9.42. The Morgan fingerprint density at radius 1 is 1.13 bits per heavy atom. The molecule has 2 fully saturated rings. The fraction of sp³-hybridized carbons (Fsp3) is 1.00. The smallest absolute Gasteiger partial charge is 0.0944 e. The zero-order valence-electron chi connectivity index (χ0n) is 9.40. The third-order valence-electron chi connectivity index (χ3n) is 4.09. The molecule has 2 aliphatic heterocycles. The first kappa shape index (κ1) is 11.3. The predicted molar refractivity (Wildman–Crippen MR) is 54.5 cm³/mol. The normalized spacial score (nSPS) is 49.6. The Kier molecular flexibility index (Phi) is 2.79. The molecule has 2 rings (SSSR count).